The van der Waals surface area contributed by atoms with Crippen LogP contribution in [0.2, 0.25) is 0 Å². The third-order valence-electron chi connectivity index (χ3n) is 3.20. The third kappa shape index (κ3) is 2.92. The van der Waals surface area contributed by atoms with Gasteiger partial charge in [0.25, 0.3) is 5.91 Å². The lowest BCUT2D eigenvalue weighted by Crippen LogP contribution is -2.30. The van der Waals surface area contributed by atoms with E-state index in [1.54, 1.807) is 0 Å². The van der Waals surface area contributed by atoms with Crippen LogP contribution in [-0.4, -0.2) is 35.3 Å². The van der Waals surface area contributed by atoms with Crippen molar-refractivity contribution in [2.24, 2.45) is 0 Å². The molecule has 18 heavy (non-hydrogen) atoms. The van der Waals surface area contributed by atoms with Gasteiger partial charge in [-0.25, -0.2) is 0 Å². The van der Waals surface area contributed by atoms with E-state index in [2.05, 4.69) is 10.6 Å². The minimum atomic E-state index is -0.367. The lowest BCUT2D eigenvalue weighted by atomic mass is 10.1. The van der Waals surface area contributed by atoms with Crippen molar-refractivity contribution in [3.8, 4) is 11.5 Å². The van der Waals surface area contributed by atoms with Crippen LogP contribution < -0.4 is 10.6 Å². The number of nitrogens with one attached hydrogen (secondary N) is 2. The summed E-state index contributed by atoms with van der Waals surface area (Å²) in [7, 11) is 0. The number of benzene rings is 1. The maximum absolute atomic E-state index is 11.8. The van der Waals surface area contributed by atoms with Gasteiger partial charge < -0.3 is 20.8 Å². The molecule has 1 atom stereocenters. The Bertz CT molecular complexity index is 428. The van der Waals surface area contributed by atoms with Crippen LogP contribution in [0.15, 0.2) is 18.2 Å². The maximum atomic E-state index is 11.8. The van der Waals surface area contributed by atoms with Gasteiger partial charge in [-0.15, -0.1) is 0 Å². The highest BCUT2D eigenvalue weighted by molar-refractivity contribution is 5.97. The van der Waals surface area contributed by atoms with Gasteiger partial charge in [-0.1, -0.05) is 6.07 Å². The van der Waals surface area contributed by atoms with Gasteiger partial charge in [-0.3, -0.25) is 4.79 Å². The first-order chi connectivity index (χ1) is 8.68. The second-order valence-electron chi connectivity index (χ2n) is 4.51. The molecular weight excluding hydrogens is 232 g/mol. The summed E-state index contributed by atoms with van der Waals surface area (Å²) in [5.41, 5.74) is 0.106. The van der Waals surface area contributed by atoms with Crippen LogP contribution in [0.4, 0.5) is 0 Å². The molecule has 1 aliphatic rings. The third-order valence-corrected chi connectivity index (χ3v) is 3.20. The van der Waals surface area contributed by atoms with Crippen LogP contribution in [-0.2, 0) is 0 Å². The second kappa shape index (κ2) is 5.73. The average molecular weight is 250 g/mol. The predicted octanol–water partition coefficient (Wildman–Crippen LogP) is 0.970. The Morgan fingerprint density at radius 1 is 1.44 bits per heavy atom. The van der Waals surface area contributed by atoms with Gasteiger partial charge in [-0.2, -0.15) is 0 Å². The second-order valence-corrected chi connectivity index (χ2v) is 4.51. The zero-order valence-electron chi connectivity index (χ0n) is 10.1. The molecule has 0 aromatic heterocycles. The zero-order valence-corrected chi connectivity index (χ0v) is 10.1. The summed E-state index contributed by atoms with van der Waals surface area (Å²) < 4.78 is 0. The van der Waals surface area contributed by atoms with Crippen molar-refractivity contribution >= 4 is 5.91 Å². The molecule has 1 aliphatic heterocycles. The van der Waals surface area contributed by atoms with E-state index < -0.39 is 0 Å². The number of amides is 1. The van der Waals surface area contributed by atoms with Crippen molar-refractivity contribution < 1.29 is 15.0 Å². The fourth-order valence-corrected chi connectivity index (χ4v) is 2.17. The summed E-state index contributed by atoms with van der Waals surface area (Å²) >= 11 is 0. The molecule has 0 aliphatic carbocycles. The van der Waals surface area contributed by atoms with Crippen LogP contribution in [0.25, 0.3) is 0 Å². The molecule has 0 spiro atoms. The molecule has 5 nitrogen and oxygen atoms in total. The van der Waals surface area contributed by atoms with E-state index in [1.807, 2.05) is 0 Å². The monoisotopic (exact) mass is 250 g/mol. The van der Waals surface area contributed by atoms with Gasteiger partial charge in [0.05, 0.1) is 5.56 Å². The Labute approximate surface area is 106 Å². The molecule has 0 unspecified atom stereocenters. The van der Waals surface area contributed by atoms with Crippen molar-refractivity contribution in [1.29, 1.82) is 0 Å². The van der Waals surface area contributed by atoms with Gasteiger partial charge in [0, 0.05) is 12.6 Å². The molecule has 0 radical (unpaired) electrons. The summed E-state index contributed by atoms with van der Waals surface area (Å²) in [6.07, 6.45) is 3.21. The van der Waals surface area contributed by atoms with Crippen molar-refractivity contribution in [2.75, 3.05) is 13.1 Å². The predicted molar refractivity (Wildman–Crippen MR) is 67.7 cm³/mol. The van der Waals surface area contributed by atoms with E-state index >= 15 is 0 Å². The molecule has 5 heteroatoms. The molecule has 1 aromatic rings. The van der Waals surface area contributed by atoms with Gasteiger partial charge in [0.1, 0.15) is 0 Å². The molecule has 1 amide bonds. The number of aromatic hydroxyl groups is 2. The Kier molecular flexibility index (Phi) is 4.04. The number of carbonyl (C=O) groups excluding carboxylic acids is 1. The van der Waals surface area contributed by atoms with E-state index in [-0.39, 0.29) is 23.0 Å². The number of phenols is 2. The van der Waals surface area contributed by atoms with E-state index in [4.69, 9.17) is 0 Å². The Hall–Kier alpha value is -1.75. The van der Waals surface area contributed by atoms with Crippen molar-refractivity contribution in [1.82, 2.24) is 10.6 Å². The largest absolute Gasteiger partial charge is 0.504 e. The Balaban J connectivity index is 1.85. The van der Waals surface area contributed by atoms with E-state index in [1.165, 1.54) is 24.6 Å². The minimum Gasteiger partial charge on any atom is -0.504 e. The first kappa shape index (κ1) is 12.7. The molecule has 98 valence electrons. The summed E-state index contributed by atoms with van der Waals surface area (Å²) in [5, 5.41) is 25.0. The van der Waals surface area contributed by atoms with Crippen molar-refractivity contribution in [3.05, 3.63) is 23.8 Å². The quantitative estimate of drug-likeness (QED) is 0.600. The van der Waals surface area contributed by atoms with Crippen molar-refractivity contribution in [3.63, 3.8) is 0 Å². The molecule has 2 rings (SSSR count). The van der Waals surface area contributed by atoms with E-state index in [0.29, 0.717) is 12.6 Å². The number of para-hydroxylation sites is 1. The van der Waals surface area contributed by atoms with Gasteiger partial charge in [0.2, 0.25) is 0 Å². The molecule has 1 heterocycles. The molecular formula is C13H18N2O3. The summed E-state index contributed by atoms with van der Waals surface area (Å²) in [6.45, 7) is 1.61. The van der Waals surface area contributed by atoms with Crippen LogP contribution in [0, 0.1) is 0 Å². The van der Waals surface area contributed by atoms with Crippen LogP contribution >= 0.6 is 0 Å². The molecule has 0 bridgehead atoms. The van der Waals surface area contributed by atoms with Gasteiger partial charge in [0.15, 0.2) is 11.5 Å². The standard InChI is InChI=1S/C13H18N2O3/c16-11-5-1-4-10(12(11)17)13(18)15-8-6-9-3-2-7-14-9/h1,4-5,9,14,16-17H,2-3,6-8H2,(H,15,18)/t9-/m1/s1. The summed E-state index contributed by atoms with van der Waals surface area (Å²) in [6, 6.07) is 4.83. The van der Waals surface area contributed by atoms with Crippen LogP contribution in [0.3, 0.4) is 0 Å². The highest BCUT2D eigenvalue weighted by Crippen LogP contribution is 2.27. The smallest absolute Gasteiger partial charge is 0.255 e. The Morgan fingerprint density at radius 2 is 2.28 bits per heavy atom. The highest BCUT2D eigenvalue weighted by atomic mass is 16.3. The minimum absolute atomic E-state index is 0.106. The van der Waals surface area contributed by atoms with E-state index in [0.717, 1.165) is 19.4 Å². The lowest BCUT2D eigenvalue weighted by molar-refractivity contribution is 0.0949. The van der Waals surface area contributed by atoms with Crippen LogP contribution in [0.1, 0.15) is 29.6 Å². The van der Waals surface area contributed by atoms with Crippen LogP contribution in [0.5, 0.6) is 11.5 Å². The molecule has 0 saturated carbocycles. The molecule has 1 fully saturated rings. The SMILES string of the molecule is O=C(NCC[C@H]1CCCN1)c1cccc(O)c1O. The Morgan fingerprint density at radius 3 is 3.00 bits per heavy atom. The fraction of sp³-hybridized carbons (Fsp3) is 0.462. The molecule has 1 saturated heterocycles. The number of hydrogen-bond donors (Lipinski definition) is 4. The topological polar surface area (TPSA) is 81.6 Å². The van der Waals surface area contributed by atoms with E-state index in [9.17, 15) is 15.0 Å². The van der Waals surface area contributed by atoms with Gasteiger partial charge >= 0.3 is 0 Å². The zero-order chi connectivity index (χ0) is 13.0. The highest BCUT2D eigenvalue weighted by Gasteiger charge is 2.16. The number of hydrogen-bond acceptors (Lipinski definition) is 4. The first-order valence-electron chi connectivity index (χ1n) is 6.21. The summed E-state index contributed by atoms with van der Waals surface area (Å²) in [4.78, 5) is 11.8. The number of rotatable bonds is 4. The molecule has 4 N–H and O–H groups in total. The van der Waals surface area contributed by atoms with Gasteiger partial charge in [-0.05, 0) is 37.9 Å². The first-order valence-corrected chi connectivity index (χ1v) is 6.21. The maximum Gasteiger partial charge on any atom is 0.255 e. The average Bonchev–Trinajstić information content (AvgIpc) is 2.85. The normalized spacial score (nSPS) is 18.8. The number of carbonyl (C=O) groups is 1. The number of phenolic OH excluding ortho intramolecular Hbond substituents is 2. The van der Waals surface area contributed by atoms with Crippen molar-refractivity contribution in [2.45, 2.75) is 25.3 Å². The summed E-state index contributed by atoms with van der Waals surface area (Å²) in [5.74, 6) is -1.00. The fourth-order valence-electron chi connectivity index (χ4n) is 2.17. The molecule has 1 aromatic carbocycles. The lowest BCUT2D eigenvalue weighted by Gasteiger charge is -2.11.